The molecule has 3 heterocycles. The molecule has 0 unspecified atom stereocenters. The summed E-state index contributed by atoms with van der Waals surface area (Å²) in [6.07, 6.45) is 3.04. The first-order valence-corrected chi connectivity index (χ1v) is 9.32. The monoisotopic (exact) mass is 382 g/mol. The zero-order valence-electron chi connectivity index (χ0n) is 15.9. The second-order valence-corrected chi connectivity index (χ2v) is 7.13. The number of piperazine rings is 1. The molecule has 0 atom stereocenters. The van der Waals surface area contributed by atoms with Crippen LogP contribution in [0.4, 0.5) is 0 Å². The molecular formula is C20H22N4O4. The van der Waals surface area contributed by atoms with Gasteiger partial charge >= 0.3 is 0 Å². The Hall–Kier alpha value is -3.16. The van der Waals surface area contributed by atoms with Crippen LogP contribution in [0.15, 0.2) is 30.7 Å². The highest BCUT2D eigenvalue weighted by molar-refractivity contribution is 5.96. The Labute approximate surface area is 163 Å². The molecule has 8 nitrogen and oxygen atoms in total. The molecule has 0 saturated carbocycles. The number of hydrogen-bond donors (Lipinski definition) is 0. The normalized spacial score (nSPS) is 15.8. The number of nitrogens with zero attached hydrogens (tertiary/aromatic N) is 4. The van der Waals surface area contributed by atoms with E-state index < -0.39 is 0 Å². The van der Waals surface area contributed by atoms with Gasteiger partial charge in [-0.1, -0.05) is 13.8 Å². The Bertz CT molecular complexity index is 907. The largest absolute Gasteiger partial charge is 0.454 e. The third kappa shape index (κ3) is 3.37. The second kappa shape index (κ2) is 7.46. The van der Waals surface area contributed by atoms with Gasteiger partial charge in [0.2, 0.25) is 6.79 Å². The lowest BCUT2D eigenvalue weighted by Gasteiger charge is -2.35. The molecule has 1 fully saturated rings. The van der Waals surface area contributed by atoms with Gasteiger partial charge in [0.15, 0.2) is 11.5 Å². The molecule has 146 valence electrons. The summed E-state index contributed by atoms with van der Waals surface area (Å²) < 4.78 is 10.6. The van der Waals surface area contributed by atoms with Crippen LogP contribution in [-0.4, -0.2) is 64.6 Å². The molecule has 2 amide bonds. The number of carbonyl (C=O) groups excluding carboxylic acids is 2. The van der Waals surface area contributed by atoms with Crippen molar-refractivity contribution in [2.45, 2.75) is 19.8 Å². The van der Waals surface area contributed by atoms with Crippen LogP contribution >= 0.6 is 0 Å². The fourth-order valence-corrected chi connectivity index (χ4v) is 3.46. The van der Waals surface area contributed by atoms with Crippen molar-refractivity contribution in [3.8, 4) is 11.5 Å². The lowest BCUT2D eigenvalue weighted by molar-refractivity contribution is 0.0534. The first kappa shape index (κ1) is 18.2. The maximum atomic E-state index is 12.9. The Morgan fingerprint density at radius 2 is 1.68 bits per heavy atom. The van der Waals surface area contributed by atoms with Gasteiger partial charge in [-0.25, -0.2) is 9.97 Å². The van der Waals surface area contributed by atoms with Crippen LogP contribution < -0.4 is 9.47 Å². The molecule has 0 bridgehead atoms. The average Bonchev–Trinajstić information content (AvgIpc) is 3.20. The zero-order chi connectivity index (χ0) is 19.7. The summed E-state index contributed by atoms with van der Waals surface area (Å²) in [6, 6.07) is 5.19. The maximum absolute atomic E-state index is 12.9. The average molecular weight is 382 g/mol. The van der Waals surface area contributed by atoms with Gasteiger partial charge in [0, 0.05) is 37.9 Å². The standard InChI is InChI=1S/C20H22N4O4/c1-13(2)18-15(10-21-11-22-18)20(26)24-7-5-23(6-8-24)19(25)14-3-4-16-17(9-14)28-12-27-16/h3-4,9-11,13H,5-8,12H2,1-2H3. The summed E-state index contributed by atoms with van der Waals surface area (Å²) in [7, 11) is 0. The van der Waals surface area contributed by atoms with E-state index in [9.17, 15) is 9.59 Å². The quantitative estimate of drug-likeness (QED) is 0.806. The van der Waals surface area contributed by atoms with Crippen LogP contribution in [0.25, 0.3) is 0 Å². The predicted molar refractivity (Wildman–Crippen MR) is 100 cm³/mol. The fourth-order valence-electron chi connectivity index (χ4n) is 3.46. The van der Waals surface area contributed by atoms with E-state index in [4.69, 9.17) is 9.47 Å². The first-order chi connectivity index (χ1) is 13.5. The fraction of sp³-hybridized carbons (Fsp3) is 0.400. The number of aromatic nitrogens is 2. The van der Waals surface area contributed by atoms with Crippen molar-refractivity contribution in [3.05, 3.63) is 47.5 Å². The van der Waals surface area contributed by atoms with E-state index in [-0.39, 0.29) is 24.5 Å². The van der Waals surface area contributed by atoms with Gasteiger partial charge in [-0.2, -0.15) is 0 Å². The molecule has 4 rings (SSSR count). The molecule has 1 aromatic carbocycles. The summed E-state index contributed by atoms with van der Waals surface area (Å²) in [6.45, 7) is 6.08. The minimum absolute atomic E-state index is 0.0729. The van der Waals surface area contributed by atoms with Crippen LogP contribution in [0.5, 0.6) is 11.5 Å². The van der Waals surface area contributed by atoms with E-state index in [1.165, 1.54) is 6.33 Å². The first-order valence-electron chi connectivity index (χ1n) is 9.32. The van der Waals surface area contributed by atoms with Gasteiger partial charge in [0.1, 0.15) is 6.33 Å². The number of fused-ring (bicyclic) bond motifs is 1. The van der Waals surface area contributed by atoms with Gasteiger partial charge in [-0.3, -0.25) is 9.59 Å². The van der Waals surface area contributed by atoms with Crippen molar-refractivity contribution in [1.29, 1.82) is 0 Å². The zero-order valence-corrected chi connectivity index (χ0v) is 15.9. The Morgan fingerprint density at radius 1 is 1.00 bits per heavy atom. The van der Waals surface area contributed by atoms with Gasteiger partial charge in [-0.05, 0) is 24.1 Å². The predicted octanol–water partition coefficient (Wildman–Crippen LogP) is 1.93. The highest BCUT2D eigenvalue weighted by atomic mass is 16.7. The van der Waals surface area contributed by atoms with E-state index >= 15 is 0 Å². The van der Waals surface area contributed by atoms with Crippen LogP contribution in [0.2, 0.25) is 0 Å². The Balaban J connectivity index is 1.42. The molecule has 2 aromatic rings. The number of ether oxygens (including phenoxy) is 2. The minimum Gasteiger partial charge on any atom is -0.454 e. The molecule has 1 saturated heterocycles. The summed E-state index contributed by atoms with van der Waals surface area (Å²) in [4.78, 5) is 37.5. The number of amides is 2. The summed E-state index contributed by atoms with van der Waals surface area (Å²) >= 11 is 0. The second-order valence-electron chi connectivity index (χ2n) is 7.13. The van der Waals surface area contributed by atoms with Crippen molar-refractivity contribution in [1.82, 2.24) is 19.8 Å². The lowest BCUT2D eigenvalue weighted by atomic mass is 10.0. The molecule has 0 spiro atoms. The van der Waals surface area contributed by atoms with Crippen molar-refractivity contribution >= 4 is 11.8 Å². The number of hydrogen-bond acceptors (Lipinski definition) is 6. The smallest absolute Gasteiger partial charge is 0.257 e. The van der Waals surface area contributed by atoms with Crippen molar-refractivity contribution in [3.63, 3.8) is 0 Å². The highest BCUT2D eigenvalue weighted by Gasteiger charge is 2.28. The summed E-state index contributed by atoms with van der Waals surface area (Å²) in [5, 5.41) is 0. The lowest BCUT2D eigenvalue weighted by Crippen LogP contribution is -2.50. The number of benzene rings is 1. The summed E-state index contributed by atoms with van der Waals surface area (Å²) in [5.74, 6) is 1.22. The van der Waals surface area contributed by atoms with Crippen LogP contribution in [0, 0.1) is 0 Å². The Morgan fingerprint density at radius 3 is 2.39 bits per heavy atom. The molecule has 0 N–H and O–H groups in total. The molecule has 0 aliphatic carbocycles. The molecule has 2 aliphatic rings. The molecular weight excluding hydrogens is 360 g/mol. The number of rotatable bonds is 3. The molecule has 28 heavy (non-hydrogen) atoms. The van der Waals surface area contributed by atoms with Crippen LogP contribution in [0.1, 0.15) is 46.2 Å². The van der Waals surface area contributed by atoms with E-state index in [2.05, 4.69) is 9.97 Å². The number of carbonyl (C=O) groups is 2. The topological polar surface area (TPSA) is 84.9 Å². The highest BCUT2D eigenvalue weighted by Crippen LogP contribution is 2.33. The molecule has 2 aliphatic heterocycles. The van der Waals surface area contributed by atoms with Gasteiger partial charge in [0.25, 0.3) is 11.8 Å². The Kier molecular flexibility index (Phi) is 4.85. The van der Waals surface area contributed by atoms with Gasteiger partial charge in [0.05, 0.1) is 11.3 Å². The molecule has 0 radical (unpaired) electrons. The third-order valence-corrected chi connectivity index (χ3v) is 4.99. The molecule has 1 aromatic heterocycles. The van der Waals surface area contributed by atoms with Crippen molar-refractivity contribution < 1.29 is 19.1 Å². The summed E-state index contributed by atoms with van der Waals surface area (Å²) in [5.41, 5.74) is 1.84. The SMILES string of the molecule is CC(C)c1ncncc1C(=O)N1CCN(C(=O)c2ccc3c(c2)OCO3)CC1. The maximum Gasteiger partial charge on any atom is 0.257 e. The van der Waals surface area contributed by atoms with Crippen LogP contribution in [0.3, 0.4) is 0 Å². The van der Waals surface area contributed by atoms with E-state index in [0.29, 0.717) is 48.8 Å². The van der Waals surface area contributed by atoms with Gasteiger partial charge in [-0.15, -0.1) is 0 Å². The van der Waals surface area contributed by atoms with Crippen LogP contribution in [-0.2, 0) is 0 Å². The third-order valence-electron chi connectivity index (χ3n) is 4.99. The van der Waals surface area contributed by atoms with Crippen molar-refractivity contribution in [2.24, 2.45) is 0 Å². The van der Waals surface area contributed by atoms with Crippen molar-refractivity contribution in [2.75, 3.05) is 33.0 Å². The van der Waals surface area contributed by atoms with E-state index in [0.717, 1.165) is 5.69 Å². The van der Waals surface area contributed by atoms with E-state index in [1.54, 1.807) is 34.2 Å². The van der Waals surface area contributed by atoms with Gasteiger partial charge < -0.3 is 19.3 Å². The molecule has 8 heteroatoms. The minimum atomic E-state index is -0.0838. The van der Waals surface area contributed by atoms with E-state index in [1.807, 2.05) is 13.8 Å².